The Kier molecular flexibility index (Phi) is 6.44. The Balaban J connectivity index is 1.43. The van der Waals surface area contributed by atoms with E-state index in [2.05, 4.69) is 26.2 Å². The number of piperazine rings is 1. The fourth-order valence-electron chi connectivity index (χ4n) is 5.06. The molecule has 0 aliphatic carbocycles. The Morgan fingerprint density at radius 3 is 2.49 bits per heavy atom. The van der Waals surface area contributed by atoms with E-state index < -0.39 is 0 Å². The maximum absolute atomic E-state index is 13.2. The van der Waals surface area contributed by atoms with Gasteiger partial charge in [0.15, 0.2) is 0 Å². The molecule has 10 nitrogen and oxygen atoms in total. The first kappa shape index (κ1) is 23.3. The number of hydrogen-bond donors (Lipinski definition) is 1. The minimum Gasteiger partial charge on any atom is -0.365 e. The second-order valence-electron chi connectivity index (χ2n) is 9.75. The van der Waals surface area contributed by atoms with E-state index in [1.807, 2.05) is 35.9 Å². The molecule has 0 atom stereocenters. The SMILES string of the molecule is CC(=O)N1CCN(c2nc(NCc3cccnc3N3CCCC3)c3c(n2)C(=O)N(C(C)C)C3)CC1. The number of aromatic nitrogens is 3. The molecule has 2 fully saturated rings. The van der Waals surface area contributed by atoms with Gasteiger partial charge in [0.25, 0.3) is 5.91 Å². The summed E-state index contributed by atoms with van der Waals surface area (Å²) in [7, 11) is 0. The normalized spacial score (nSPS) is 18.0. The number of rotatable bonds is 6. The van der Waals surface area contributed by atoms with Crippen LogP contribution in [0.4, 0.5) is 17.6 Å². The fraction of sp³-hybridized carbons (Fsp3) is 0.560. The number of hydrogen-bond acceptors (Lipinski definition) is 8. The summed E-state index contributed by atoms with van der Waals surface area (Å²) in [6, 6.07) is 4.14. The third-order valence-electron chi connectivity index (χ3n) is 7.14. The van der Waals surface area contributed by atoms with Crippen molar-refractivity contribution < 1.29 is 9.59 Å². The predicted octanol–water partition coefficient (Wildman–Crippen LogP) is 2.12. The Labute approximate surface area is 206 Å². The van der Waals surface area contributed by atoms with E-state index >= 15 is 0 Å². The van der Waals surface area contributed by atoms with Crippen molar-refractivity contribution in [3.63, 3.8) is 0 Å². The molecule has 0 bridgehead atoms. The molecule has 0 unspecified atom stereocenters. The monoisotopic (exact) mass is 478 g/mol. The topological polar surface area (TPSA) is 97.8 Å². The molecule has 2 amide bonds. The third kappa shape index (κ3) is 4.61. The van der Waals surface area contributed by atoms with Gasteiger partial charge in [-0.1, -0.05) is 6.07 Å². The first-order chi connectivity index (χ1) is 16.9. The third-order valence-corrected chi connectivity index (χ3v) is 7.14. The summed E-state index contributed by atoms with van der Waals surface area (Å²) in [6.07, 6.45) is 4.23. The number of amides is 2. The van der Waals surface area contributed by atoms with Crippen LogP contribution in [0.2, 0.25) is 0 Å². The summed E-state index contributed by atoms with van der Waals surface area (Å²) in [6.45, 7) is 11.3. The second kappa shape index (κ2) is 9.67. The molecule has 3 aliphatic rings. The zero-order valence-electron chi connectivity index (χ0n) is 20.8. The van der Waals surface area contributed by atoms with Gasteiger partial charge in [0.1, 0.15) is 17.3 Å². The molecule has 35 heavy (non-hydrogen) atoms. The first-order valence-electron chi connectivity index (χ1n) is 12.6. The van der Waals surface area contributed by atoms with Crippen molar-refractivity contribution in [2.24, 2.45) is 0 Å². The minimum absolute atomic E-state index is 0.0526. The molecule has 10 heteroatoms. The number of nitrogens with zero attached hydrogens (tertiary/aromatic N) is 7. The smallest absolute Gasteiger partial charge is 0.273 e. The predicted molar refractivity (Wildman–Crippen MR) is 135 cm³/mol. The molecule has 2 aromatic rings. The van der Waals surface area contributed by atoms with Crippen LogP contribution < -0.4 is 15.1 Å². The summed E-state index contributed by atoms with van der Waals surface area (Å²) in [5, 5.41) is 3.52. The van der Waals surface area contributed by atoms with E-state index in [0.717, 1.165) is 30.0 Å². The van der Waals surface area contributed by atoms with Crippen LogP contribution in [0.3, 0.4) is 0 Å². The lowest BCUT2D eigenvalue weighted by molar-refractivity contribution is -0.129. The molecule has 3 aliphatic heterocycles. The standard InChI is InChI=1S/C25H34N8O2/c1-17(2)33-16-20-21(24(33)35)28-25(32-13-11-30(12-14-32)18(3)34)29-22(20)27-15-19-7-6-8-26-23(19)31-9-4-5-10-31/h6-8,17H,4-5,9-16H2,1-3H3,(H,27,28,29). The number of fused-ring (bicyclic) bond motifs is 1. The average molecular weight is 479 g/mol. The lowest BCUT2D eigenvalue weighted by Gasteiger charge is -2.34. The zero-order valence-corrected chi connectivity index (χ0v) is 20.8. The number of nitrogens with one attached hydrogen (secondary N) is 1. The van der Waals surface area contributed by atoms with E-state index in [4.69, 9.17) is 9.97 Å². The highest BCUT2D eigenvalue weighted by atomic mass is 16.2. The van der Waals surface area contributed by atoms with E-state index in [1.54, 1.807) is 6.92 Å². The molecule has 2 aromatic heterocycles. The summed E-state index contributed by atoms with van der Waals surface area (Å²) in [5.41, 5.74) is 2.44. The molecule has 0 saturated carbocycles. The highest BCUT2D eigenvalue weighted by Gasteiger charge is 2.35. The highest BCUT2D eigenvalue weighted by molar-refractivity contribution is 5.98. The molecular weight excluding hydrogens is 444 g/mol. The van der Waals surface area contributed by atoms with Crippen LogP contribution in [0.15, 0.2) is 18.3 Å². The van der Waals surface area contributed by atoms with Crippen LogP contribution in [0, 0.1) is 0 Å². The quantitative estimate of drug-likeness (QED) is 0.674. The summed E-state index contributed by atoms with van der Waals surface area (Å²) in [4.78, 5) is 47.3. The van der Waals surface area contributed by atoms with Crippen LogP contribution in [0.5, 0.6) is 0 Å². The van der Waals surface area contributed by atoms with Crippen molar-refractivity contribution in [2.75, 3.05) is 54.4 Å². The van der Waals surface area contributed by atoms with Crippen molar-refractivity contribution in [2.45, 2.75) is 52.7 Å². The lowest BCUT2D eigenvalue weighted by Crippen LogP contribution is -2.48. The highest BCUT2D eigenvalue weighted by Crippen LogP contribution is 2.31. The van der Waals surface area contributed by atoms with Gasteiger partial charge < -0.3 is 24.9 Å². The molecule has 2 saturated heterocycles. The Morgan fingerprint density at radius 1 is 1.06 bits per heavy atom. The second-order valence-corrected chi connectivity index (χ2v) is 9.75. The van der Waals surface area contributed by atoms with Gasteiger partial charge >= 0.3 is 0 Å². The Hall–Kier alpha value is -3.43. The zero-order chi connectivity index (χ0) is 24.5. The molecule has 0 spiro atoms. The summed E-state index contributed by atoms with van der Waals surface area (Å²) < 4.78 is 0. The van der Waals surface area contributed by atoms with Gasteiger partial charge in [-0.15, -0.1) is 0 Å². The van der Waals surface area contributed by atoms with Crippen molar-refractivity contribution >= 4 is 29.4 Å². The maximum atomic E-state index is 13.2. The van der Waals surface area contributed by atoms with Gasteiger partial charge in [-0.2, -0.15) is 4.98 Å². The number of carbonyl (C=O) groups is 2. The van der Waals surface area contributed by atoms with Gasteiger partial charge in [-0.05, 0) is 32.8 Å². The molecule has 1 N–H and O–H groups in total. The van der Waals surface area contributed by atoms with E-state index in [-0.39, 0.29) is 17.9 Å². The largest absolute Gasteiger partial charge is 0.365 e. The minimum atomic E-state index is -0.0526. The van der Waals surface area contributed by atoms with Crippen molar-refractivity contribution in [3.05, 3.63) is 35.2 Å². The average Bonchev–Trinajstić information content (AvgIpc) is 3.51. The fourth-order valence-corrected chi connectivity index (χ4v) is 5.06. The van der Waals surface area contributed by atoms with Gasteiger partial charge in [0, 0.05) is 76.1 Å². The van der Waals surface area contributed by atoms with E-state index in [1.165, 1.54) is 12.8 Å². The van der Waals surface area contributed by atoms with Gasteiger partial charge in [-0.25, -0.2) is 9.97 Å². The molecule has 0 aromatic carbocycles. The van der Waals surface area contributed by atoms with Gasteiger partial charge in [0.05, 0.1) is 6.54 Å². The van der Waals surface area contributed by atoms with Crippen molar-refractivity contribution in [1.29, 1.82) is 0 Å². The Bertz CT molecular complexity index is 1110. The van der Waals surface area contributed by atoms with Gasteiger partial charge in [-0.3, -0.25) is 9.59 Å². The van der Waals surface area contributed by atoms with Crippen LogP contribution in [0.1, 0.15) is 55.2 Å². The Morgan fingerprint density at radius 2 is 1.80 bits per heavy atom. The van der Waals surface area contributed by atoms with Gasteiger partial charge in [0.2, 0.25) is 11.9 Å². The molecule has 5 heterocycles. The molecule has 5 rings (SSSR count). The maximum Gasteiger partial charge on any atom is 0.273 e. The van der Waals surface area contributed by atoms with Crippen LogP contribution in [-0.2, 0) is 17.9 Å². The van der Waals surface area contributed by atoms with E-state index in [0.29, 0.717) is 56.7 Å². The number of anilines is 3. The summed E-state index contributed by atoms with van der Waals surface area (Å²) in [5.74, 6) is 2.29. The van der Waals surface area contributed by atoms with E-state index in [9.17, 15) is 9.59 Å². The van der Waals surface area contributed by atoms with Crippen LogP contribution in [-0.4, -0.2) is 81.9 Å². The molecule has 0 radical (unpaired) electrons. The van der Waals surface area contributed by atoms with Crippen molar-refractivity contribution in [3.8, 4) is 0 Å². The van der Waals surface area contributed by atoms with Crippen LogP contribution >= 0.6 is 0 Å². The van der Waals surface area contributed by atoms with Crippen LogP contribution in [0.25, 0.3) is 0 Å². The molecular formula is C25H34N8O2. The first-order valence-corrected chi connectivity index (χ1v) is 12.6. The van der Waals surface area contributed by atoms with Crippen molar-refractivity contribution in [1.82, 2.24) is 24.8 Å². The summed E-state index contributed by atoms with van der Waals surface area (Å²) >= 11 is 0. The number of carbonyl (C=O) groups excluding carboxylic acids is 2. The number of pyridine rings is 1. The lowest BCUT2D eigenvalue weighted by atomic mass is 10.2. The molecule has 186 valence electrons.